The highest BCUT2D eigenvalue weighted by Crippen LogP contribution is 2.18. The number of nitrogens with zero attached hydrogens (tertiary/aromatic N) is 1. The Labute approximate surface area is 90.1 Å². The van der Waals surface area contributed by atoms with Gasteiger partial charge in [-0.25, -0.2) is 4.79 Å². The molecule has 14 heavy (non-hydrogen) atoms. The Morgan fingerprint density at radius 3 is 2.71 bits per heavy atom. The summed E-state index contributed by atoms with van der Waals surface area (Å²) in [5.74, 6) is -0.998. The number of rotatable bonds is 2. The topological polar surface area (TPSA) is 61.1 Å². The highest BCUT2D eigenvalue weighted by molar-refractivity contribution is 9.08. The lowest BCUT2D eigenvalue weighted by Gasteiger charge is -2.05. The lowest BCUT2D eigenvalue weighted by molar-refractivity contribution is 0.0696. The average molecular weight is 254 g/mol. The summed E-state index contributed by atoms with van der Waals surface area (Å²) in [6.45, 7) is 1.64. The molecule has 1 N–H and O–H groups in total. The molecule has 0 aliphatic rings. The fraction of sp³-hybridized carbons (Fsp3) is 0.200. The number of carboxylic acids is 1. The summed E-state index contributed by atoms with van der Waals surface area (Å²) in [5, 5.41) is 18.2. The molecule has 1 rings (SSSR count). The summed E-state index contributed by atoms with van der Waals surface area (Å²) in [5.41, 5.74) is 1.92. The Bertz CT molecular complexity index is 421. The van der Waals surface area contributed by atoms with Gasteiger partial charge in [0.05, 0.1) is 17.2 Å². The van der Waals surface area contributed by atoms with Crippen molar-refractivity contribution in [2.45, 2.75) is 12.3 Å². The van der Waals surface area contributed by atoms with Crippen LogP contribution in [0.4, 0.5) is 0 Å². The Hall–Kier alpha value is -1.34. The zero-order valence-electron chi connectivity index (χ0n) is 7.54. The fourth-order valence-electron chi connectivity index (χ4n) is 1.19. The van der Waals surface area contributed by atoms with E-state index in [-0.39, 0.29) is 5.56 Å². The van der Waals surface area contributed by atoms with Crippen LogP contribution in [0.15, 0.2) is 12.1 Å². The van der Waals surface area contributed by atoms with Gasteiger partial charge in [-0.15, -0.1) is 0 Å². The summed E-state index contributed by atoms with van der Waals surface area (Å²) >= 11 is 3.23. The van der Waals surface area contributed by atoms with Crippen molar-refractivity contribution in [1.82, 2.24) is 0 Å². The minimum Gasteiger partial charge on any atom is -0.478 e. The van der Waals surface area contributed by atoms with Gasteiger partial charge in [0.1, 0.15) is 0 Å². The van der Waals surface area contributed by atoms with E-state index in [0.29, 0.717) is 16.5 Å². The summed E-state index contributed by atoms with van der Waals surface area (Å²) in [7, 11) is 0. The first-order chi connectivity index (χ1) is 6.60. The van der Waals surface area contributed by atoms with Crippen LogP contribution in [-0.2, 0) is 5.33 Å². The fourth-order valence-corrected chi connectivity index (χ4v) is 1.51. The molecule has 0 fully saturated rings. The summed E-state index contributed by atoms with van der Waals surface area (Å²) < 4.78 is 0. The Morgan fingerprint density at radius 2 is 2.29 bits per heavy atom. The van der Waals surface area contributed by atoms with Crippen LogP contribution in [0.1, 0.15) is 27.0 Å². The second-order valence-electron chi connectivity index (χ2n) is 2.87. The van der Waals surface area contributed by atoms with E-state index in [0.717, 1.165) is 5.56 Å². The van der Waals surface area contributed by atoms with Gasteiger partial charge in [-0.1, -0.05) is 15.9 Å². The zero-order chi connectivity index (χ0) is 10.7. The largest absolute Gasteiger partial charge is 0.478 e. The molecule has 0 heterocycles. The lowest BCUT2D eigenvalue weighted by atomic mass is 10.00. The molecule has 1 aromatic carbocycles. The second-order valence-corrected chi connectivity index (χ2v) is 3.43. The minimum atomic E-state index is -0.998. The van der Waals surface area contributed by atoms with Gasteiger partial charge in [-0.3, -0.25) is 0 Å². The van der Waals surface area contributed by atoms with Crippen LogP contribution in [0.25, 0.3) is 0 Å². The number of halogens is 1. The van der Waals surface area contributed by atoms with Gasteiger partial charge in [0.15, 0.2) is 0 Å². The molecule has 72 valence electrons. The van der Waals surface area contributed by atoms with Crippen molar-refractivity contribution in [2.24, 2.45) is 0 Å². The molecule has 0 unspecified atom stereocenters. The van der Waals surface area contributed by atoms with Crippen molar-refractivity contribution in [1.29, 1.82) is 5.26 Å². The first-order valence-corrected chi connectivity index (χ1v) is 5.05. The third-order valence-electron chi connectivity index (χ3n) is 1.97. The Morgan fingerprint density at radius 1 is 1.64 bits per heavy atom. The smallest absolute Gasteiger partial charge is 0.336 e. The number of hydrogen-bond acceptors (Lipinski definition) is 2. The van der Waals surface area contributed by atoms with Crippen LogP contribution < -0.4 is 0 Å². The van der Waals surface area contributed by atoms with Crippen LogP contribution in [0.3, 0.4) is 0 Å². The van der Waals surface area contributed by atoms with Gasteiger partial charge >= 0.3 is 5.97 Å². The number of carbonyl (C=O) groups is 1. The SMILES string of the molecule is Cc1c(C#N)cc(CBr)cc1C(=O)O. The molecular weight excluding hydrogens is 246 g/mol. The number of aromatic carboxylic acids is 1. The van der Waals surface area contributed by atoms with E-state index < -0.39 is 5.97 Å². The van der Waals surface area contributed by atoms with E-state index in [9.17, 15) is 4.79 Å². The molecule has 0 aliphatic heterocycles. The number of hydrogen-bond donors (Lipinski definition) is 1. The molecule has 0 radical (unpaired) electrons. The third-order valence-corrected chi connectivity index (χ3v) is 2.62. The van der Waals surface area contributed by atoms with Crippen molar-refractivity contribution in [3.05, 3.63) is 34.4 Å². The normalized spacial score (nSPS) is 9.50. The van der Waals surface area contributed by atoms with E-state index in [1.54, 1.807) is 19.1 Å². The molecule has 0 saturated carbocycles. The van der Waals surface area contributed by atoms with Crippen LogP contribution in [0.5, 0.6) is 0 Å². The molecule has 0 bridgehead atoms. The number of carboxylic acid groups (broad SMARTS) is 1. The quantitative estimate of drug-likeness (QED) is 0.824. The molecule has 0 spiro atoms. The third kappa shape index (κ3) is 1.94. The van der Waals surface area contributed by atoms with Gasteiger partial charge in [-0.05, 0) is 30.2 Å². The highest BCUT2D eigenvalue weighted by Gasteiger charge is 2.11. The lowest BCUT2D eigenvalue weighted by Crippen LogP contribution is -2.02. The Kier molecular flexibility index (Phi) is 3.26. The zero-order valence-corrected chi connectivity index (χ0v) is 9.13. The first kappa shape index (κ1) is 10.7. The molecule has 0 aromatic heterocycles. The van der Waals surface area contributed by atoms with Crippen molar-refractivity contribution in [2.75, 3.05) is 0 Å². The van der Waals surface area contributed by atoms with Crippen molar-refractivity contribution >= 4 is 21.9 Å². The molecule has 0 atom stereocenters. The predicted octanol–water partition coefficient (Wildman–Crippen LogP) is 2.46. The predicted molar refractivity (Wildman–Crippen MR) is 55.5 cm³/mol. The number of nitriles is 1. The van der Waals surface area contributed by atoms with Crippen LogP contribution in [-0.4, -0.2) is 11.1 Å². The molecule has 3 nitrogen and oxygen atoms in total. The molecule has 1 aromatic rings. The van der Waals surface area contributed by atoms with Gasteiger partial charge in [0.2, 0.25) is 0 Å². The van der Waals surface area contributed by atoms with Crippen molar-refractivity contribution in [3.63, 3.8) is 0 Å². The molecule has 0 aliphatic carbocycles. The molecule has 0 amide bonds. The maximum Gasteiger partial charge on any atom is 0.336 e. The van der Waals surface area contributed by atoms with E-state index >= 15 is 0 Å². The van der Waals surface area contributed by atoms with Crippen LogP contribution >= 0.6 is 15.9 Å². The van der Waals surface area contributed by atoms with Gasteiger partial charge < -0.3 is 5.11 Å². The summed E-state index contributed by atoms with van der Waals surface area (Å²) in [4.78, 5) is 10.8. The number of benzene rings is 1. The molecule has 4 heteroatoms. The molecular formula is C10H8BrNO2. The summed E-state index contributed by atoms with van der Waals surface area (Å²) in [6, 6.07) is 5.25. The van der Waals surface area contributed by atoms with Crippen molar-refractivity contribution < 1.29 is 9.90 Å². The highest BCUT2D eigenvalue weighted by atomic mass is 79.9. The monoisotopic (exact) mass is 253 g/mol. The van der Waals surface area contributed by atoms with E-state index in [1.807, 2.05) is 6.07 Å². The van der Waals surface area contributed by atoms with Crippen LogP contribution in [0.2, 0.25) is 0 Å². The van der Waals surface area contributed by atoms with E-state index in [2.05, 4.69) is 15.9 Å². The number of alkyl halides is 1. The van der Waals surface area contributed by atoms with Gasteiger partial charge in [0.25, 0.3) is 0 Å². The van der Waals surface area contributed by atoms with Gasteiger partial charge in [-0.2, -0.15) is 5.26 Å². The maximum absolute atomic E-state index is 10.8. The van der Waals surface area contributed by atoms with Gasteiger partial charge in [0, 0.05) is 5.33 Å². The average Bonchev–Trinajstić information content (AvgIpc) is 2.17. The first-order valence-electron chi connectivity index (χ1n) is 3.93. The Balaban J connectivity index is 3.44. The maximum atomic E-state index is 10.8. The van der Waals surface area contributed by atoms with E-state index in [4.69, 9.17) is 10.4 Å². The molecule has 0 saturated heterocycles. The summed E-state index contributed by atoms with van der Waals surface area (Å²) in [6.07, 6.45) is 0. The minimum absolute atomic E-state index is 0.193. The van der Waals surface area contributed by atoms with E-state index in [1.165, 1.54) is 0 Å². The van der Waals surface area contributed by atoms with Crippen LogP contribution in [0, 0.1) is 18.3 Å². The standard InChI is InChI=1S/C10H8BrNO2/c1-6-8(5-12)2-7(4-11)3-9(6)10(13)14/h2-3H,4H2,1H3,(H,13,14). The second kappa shape index (κ2) is 4.25. The van der Waals surface area contributed by atoms with Crippen molar-refractivity contribution in [3.8, 4) is 6.07 Å².